The Morgan fingerprint density at radius 1 is 0.934 bits per heavy atom. The van der Waals surface area contributed by atoms with Crippen LogP contribution in [0.1, 0.15) is 106 Å². The predicted octanol–water partition coefficient (Wildman–Crippen LogP) is 3.60. The minimum Gasteiger partial charge on any atom is -0.445 e. The summed E-state index contributed by atoms with van der Waals surface area (Å²) in [5, 5.41) is 29.0. The van der Waals surface area contributed by atoms with Crippen molar-refractivity contribution in [1.82, 2.24) is 40.8 Å². The third kappa shape index (κ3) is 11.5. The number of carbonyl (C=O) groups excluding carboxylic acids is 6. The second kappa shape index (κ2) is 20.4. The summed E-state index contributed by atoms with van der Waals surface area (Å²) in [4.78, 5) is 86.6. The van der Waals surface area contributed by atoms with E-state index in [4.69, 9.17) is 10.5 Å². The van der Waals surface area contributed by atoms with Gasteiger partial charge in [0.25, 0.3) is 11.8 Å². The van der Waals surface area contributed by atoms with Gasteiger partial charge in [0.2, 0.25) is 17.6 Å². The number of alkyl carbamates (subject to hydrolysis) is 1. The largest absolute Gasteiger partial charge is 0.445 e. The van der Waals surface area contributed by atoms with E-state index in [1.54, 1.807) is 44.4 Å². The van der Waals surface area contributed by atoms with Crippen LogP contribution in [0.4, 0.5) is 4.79 Å². The lowest BCUT2D eigenvalue weighted by atomic mass is 9.84. The van der Waals surface area contributed by atoms with Gasteiger partial charge in [0.1, 0.15) is 24.3 Å². The number of carbonyl (C=O) groups is 6. The number of ether oxygens (including phenoxy) is 1. The highest BCUT2D eigenvalue weighted by molar-refractivity contribution is 6.37. The van der Waals surface area contributed by atoms with Gasteiger partial charge in [-0.1, -0.05) is 79.8 Å². The van der Waals surface area contributed by atoms with Crippen molar-refractivity contribution >= 4 is 46.3 Å². The molecule has 6 N–H and O–H groups in total. The number of pyridine rings is 1. The minimum absolute atomic E-state index is 0.0184. The molecule has 0 bridgehead atoms. The van der Waals surface area contributed by atoms with Crippen molar-refractivity contribution in [3.8, 4) is 0 Å². The molecular formula is C44H55N9O8. The van der Waals surface area contributed by atoms with Gasteiger partial charge in [0.15, 0.2) is 0 Å². The zero-order valence-corrected chi connectivity index (χ0v) is 34.6. The summed E-state index contributed by atoms with van der Waals surface area (Å²) in [7, 11) is 0. The van der Waals surface area contributed by atoms with Crippen LogP contribution in [0.15, 0.2) is 73.2 Å². The van der Waals surface area contributed by atoms with E-state index in [0.29, 0.717) is 35.9 Å². The van der Waals surface area contributed by atoms with E-state index in [-0.39, 0.29) is 38.5 Å². The lowest BCUT2D eigenvalue weighted by molar-refractivity contribution is -0.142. The van der Waals surface area contributed by atoms with E-state index in [2.05, 4.69) is 31.2 Å². The van der Waals surface area contributed by atoms with Crippen LogP contribution >= 0.6 is 0 Å². The van der Waals surface area contributed by atoms with Gasteiger partial charge in [-0.2, -0.15) is 0 Å². The molecule has 1 unspecified atom stereocenters. The normalized spacial score (nSPS) is 17.9. The predicted molar refractivity (Wildman–Crippen MR) is 223 cm³/mol. The molecule has 2 fully saturated rings. The number of nitrogens with one attached hydrogen (secondary N) is 3. The number of primary amides is 1. The van der Waals surface area contributed by atoms with Crippen molar-refractivity contribution < 1.29 is 38.6 Å². The van der Waals surface area contributed by atoms with Crippen molar-refractivity contribution in [3.63, 3.8) is 0 Å². The molecule has 3 heterocycles. The number of nitrogens with zero attached hydrogens (tertiary/aromatic N) is 5. The lowest BCUT2D eigenvalue weighted by Crippen LogP contribution is -2.56. The zero-order valence-electron chi connectivity index (χ0n) is 34.6. The highest BCUT2D eigenvalue weighted by Gasteiger charge is 2.45. The van der Waals surface area contributed by atoms with Gasteiger partial charge in [0, 0.05) is 42.9 Å². The number of aliphatic hydroxyl groups is 1. The van der Waals surface area contributed by atoms with Crippen LogP contribution in [0.2, 0.25) is 0 Å². The Morgan fingerprint density at radius 2 is 1.70 bits per heavy atom. The molecule has 2 aromatic heterocycles. The Labute approximate surface area is 354 Å². The molecule has 6 rings (SSSR count). The Bertz CT molecular complexity index is 2180. The van der Waals surface area contributed by atoms with Crippen molar-refractivity contribution in [1.29, 1.82) is 0 Å². The number of hydrogen-bond acceptors (Lipinski definition) is 11. The fourth-order valence-corrected chi connectivity index (χ4v) is 8.31. The summed E-state index contributed by atoms with van der Waals surface area (Å²) in [6.45, 7) is 3.43. The minimum atomic E-state index is -1.37. The molecule has 17 heteroatoms. The molecule has 0 spiro atoms. The van der Waals surface area contributed by atoms with E-state index in [9.17, 15) is 33.9 Å². The first kappa shape index (κ1) is 44.3. The van der Waals surface area contributed by atoms with E-state index < -0.39 is 65.3 Å². The van der Waals surface area contributed by atoms with Gasteiger partial charge in [-0.3, -0.25) is 29.0 Å². The summed E-state index contributed by atoms with van der Waals surface area (Å²) < 4.78 is 6.74. The fraction of sp³-hybridized carbons (Fsp3) is 0.477. The molecule has 2 aliphatic rings. The highest BCUT2D eigenvalue weighted by atomic mass is 16.5. The maximum atomic E-state index is 15.0. The summed E-state index contributed by atoms with van der Waals surface area (Å²) in [6, 6.07) is 12.2. The van der Waals surface area contributed by atoms with Crippen molar-refractivity contribution in [3.05, 3.63) is 90.0 Å². The lowest BCUT2D eigenvalue weighted by Gasteiger charge is -2.32. The second-order valence-electron chi connectivity index (χ2n) is 16.5. The number of unbranched alkanes of at least 4 members (excludes halogenated alkanes) is 1. The Hall–Kier alpha value is -6.23. The first-order valence-corrected chi connectivity index (χ1v) is 21.0. The smallest absolute Gasteiger partial charge is 0.407 e. The molecular weight excluding hydrogens is 783 g/mol. The van der Waals surface area contributed by atoms with Gasteiger partial charge in [0.05, 0.1) is 24.0 Å². The van der Waals surface area contributed by atoms with Gasteiger partial charge < -0.3 is 36.4 Å². The standard InChI is InChI=1S/C44H55N9O8/c1-44(2,60)37-25-48-51-53(37)31-23-36(41(57)49-34(38(54)39(45)55)18-9-10-20-47-43(59)61-27-29-14-7-4-8-15-29)52(26-31)42(58)35(22-28-12-5-3-6-13-28)50-40(56)32-17-11-16-30-19-21-46-24-33(30)32/h4,7-8,11,14-17,19,21,24-25,28,31,34-36,60H,3,5-6,9-10,12-13,18,20,22-23,26-27H2,1-2H3,(H2,45,55)(H,47,59)(H,49,57)(H,50,56)/t31-,34?,35+,36-/m0/s1. The average molecular weight is 838 g/mol. The number of rotatable bonds is 18. The second-order valence-corrected chi connectivity index (χ2v) is 16.5. The number of aromatic nitrogens is 4. The molecule has 17 nitrogen and oxygen atoms in total. The fourth-order valence-electron chi connectivity index (χ4n) is 8.31. The summed E-state index contributed by atoms with van der Waals surface area (Å²) in [5.41, 5.74) is 5.61. The van der Waals surface area contributed by atoms with Crippen LogP contribution in [0.5, 0.6) is 0 Å². The molecule has 1 aliphatic heterocycles. The molecule has 1 aliphatic carbocycles. The average Bonchev–Trinajstić information content (AvgIpc) is 3.94. The van der Waals surface area contributed by atoms with Crippen LogP contribution in [-0.4, -0.2) is 96.7 Å². The van der Waals surface area contributed by atoms with Gasteiger partial charge >= 0.3 is 6.09 Å². The Morgan fingerprint density at radius 3 is 2.44 bits per heavy atom. The first-order chi connectivity index (χ1) is 29.3. The number of fused-ring (bicyclic) bond motifs is 1. The number of benzene rings is 2. The number of nitrogens with two attached hydrogens (primary N) is 1. The maximum absolute atomic E-state index is 15.0. The van der Waals surface area contributed by atoms with Crippen LogP contribution in [-0.2, 0) is 36.1 Å². The number of ketones is 1. The monoisotopic (exact) mass is 837 g/mol. The quantitative estimate of drug-likeness (QED) is 0.0717. The van der Waals surface area contributed by atoms with Crippen LogP contribution in [0.3, 0.4) is 0 Å². The molecule has 0 radical (unpaired) electrons. The number of hydrogen-bond donors (Lipinski definition) is 5. The molecule has 324 valence electrons. The van der Waals surface area contributed by atoms with E-state index in [0.717, 1.165) is 43.1 Å². The summed E-state index contributed by atoms with van der Waals surface area (Å²) >= 11 is 0. The van der Waals surface area contributed by atoms with Crippen molar-refractivity contribution in [2.45, 2.75) is 114 Å². The van der Waals surface area contributed by atoms with Gasteiger partial charge in [-0.05, 0) is 68.5 Å². The van der Waals surface area contributed by atoms with Gasteiger partial charge in [-0.15, -0.1) is 5.10 Å². The van der Waals surface area contributed by atoms with Crippen LogP contribution < -0.4 is 21.7 Å². The van der Waals surface area contributed by atoms with Crippen LogP contribution in [0, 0.1) is 5.92 Å². The third-order valence-corrected chi connectivity index (χ3v) is 11.5. The number of likely N-dealkylation sites (tertiary alicyclic amines) is 1. The summed E-state index contributed by atoms with van der Waals surface area (Å²) in [6.07, 6.45) is 10.00. The molecule has 61 heavy (non-hydrogen) atoms. The zero-order chi connectivity index (χ0) is 43.5. The number of Topliss-reactive ketones (excluding diaryl/α,β-unsaturated/α-hetero) is 1. The van der Waals surface area contributed by atoms with Gasteiger partial charge in [-0.25, -0.2) is 9.48 Å². The molecule has 4 atom stereocenters. The molecule has 1 saturated heterocycles. The topological polar surface area (TPSA) is 241 Å². The maximum Gasteiger partial charge on any atom is 0.407 e. The van der Waals surface area contributed by atoms with E-state index in [1.165, 1.54) is 15.8 Å². The highest BCUT2D eigenvalue weighted by Crippen LogP contribution is 2.34. The summed E-state index contributed by atoms with van der Waals surface area (Å²) in [5.74, 6) is -3.75. The van der Waals surface area contributed by atoms with Crippen LogP contribution in [0.25, 0.3) is 10.8 Å². The van der Waals surface area contributed by atoms with E-state index in [1.807, 2.05) is 36.4 Å². The number of amides is 5. The Balaban J connectivity index is 1.20. The third-order valence-electron chi connectivity index (χ3n) is 11.5. The van der Waals surface area contributed by atoms with Crippen molar-refractivity contribution in [2.24, 2.45) is 11.7 Å². The molecule has 4 aromatic rings. The first-order valence-electron chi connectivity index (χ1n) is 21.0. The SMILES string of the molecule is CC(C)(O)c1cnnn1[C@H]1C[C@@H](C(=O)NC(CCCCNC(=O)OCc2ccccc2)C(=O)C(N)=O)N(C(=O)[C@@H](CC2CCCCC2)NC(=O)c2cccc3ccncc23)C1. The molecule has 2 aromatic carbocycles. The van der Waals surface area contributed by atoms with Crippen molar-refractivity contribution in [2.75, 3.05) is 13.1 Å². The molecule has 5 amide bonds. The van der Waals surface area contributed by atoms with E-state index >= 15 is 0 Å². The Kier molecular flexibility index (Phi) is 14.8. The molecule has 1 saturated carbocycles.